The van der Waals surface area contributed by atoms with Crippen molar-refractivity contribution >= 4 is 17.6 Å². The lowest BCUT2D eigenvalue weighted by Gasteiger charge is -2.23. The lowest BCUT2D eigenvalue weighted by molar-refractivity contribution is -0.154. The molecule has 1 atom stereocenters. The normalized spacial score (nSPS) is 21.8. The summed E-state index contributed by atoms with van der Waals surface area (Å²) >= 11 is 6.01. The van der Waals surface area contributed by atoms with Gasteiger partial charge in [0.25, 0.3) is 0 Å². The van der Waals surface area contributed by atoms with Crippen molar-refractivity contribution in [3.63, 3.8) is 0 Å². The molecule has 2 rings (SSSR count). The lowest BCUT2D eigenvalue weighted by atomic mass is 10.0. The third-order valence-corrected chi connectivity index (χ3v) is 2.72. The molecule has 1 saturated heterocycles. The summed E-state index contributed by atoms with van der Waals surface area (Å²) in [5, 5.41) is 0.673. The summed E-state index contributed by atoms with van der Waals surface area (Å²) in [4.78, 5) is 11.1. The molecule has 14 heavy (non-hydrogen) atoms. The van der Waals surface area contributed by atoms with Gasteiger partial charge < -0.3 is 4.74 Å². The smallest absolute Gasteiger partial charge is 0.306 e. The topological polar surface area (TPSA) is 26.3 Å². The van der Waals surface area contributed by atoms with Crippen molar-refractivity contribution in [2.45, 2.75) is 25.4 Å². The number of halogens is 1. The number of esters is 1. The van der Waals surface area contributed by atoms with Crippen LogP contribution in [-0.4, -0.2) is 5.97 Å². The Morgan fingerprint density at radius 2 is 2.14 bits per heavy atom. The maximum absolute atomic E-state index is 11.1. The van der Waals surface area contributed by atoms with Crippen molar-refractivity contribution in [2.75, 3.05) is 0 Å². The van der Waals surface area contributed by atoms with Crippen LogP contribution in [0.5, 0.6) is 0 Å². The fraction of sp³-hybridized carbons (Fsp3) is 0.364. The van der Waals surface area contributed by atoms with E-state index in [1.807, 2.05) is 24.3 Å². The fourth-order valence-electron chi connectivity index (χ4n) is 1.66. The molecule has 1 aromatic rings. The van der Waals surface area contributed by atoms with Gasteiger partial charge in [0.05, 0.1) is 0 Å². The molecule has 0 saturated carbocycles. The highest BCUT2D eigenvalue weighted by molar-refractivity contribution is 6.31. The zero-order valence-electron chi connectivity index (χ0n) is 7.70. The minimum Gasteiger partial charge on any atom is -0.457 e. The maximum Gasteiger partial charge on any atom is 0.306 e. The molecule has 2 nitrogen and oxygen atoms in total. The number of carbonyl (C=O) groups excluding carboxylic acids is 1. The fourth-order valence-corrected chi connectivity index (χ4v) is 1.92. The largest absolute Gasteiger partial charge is 0.457 e. The van der Waals surface area contributed by atoms with Crippen LogP contribution in [0.3, 0.4) is 0 Å². The average Bonchev–Trinajstić information content (AvgIpc) is 2.18. The monoisotopic (exact) mass is 210 g/mol. The van der Waals surface area contributed by atoms with Gasteiger partial charge in [-0.05, 0) is 18.9 Å². The molecular formula is C11H11ClO2. The van der Waals surface area contributed by atoms with E-state index in [9.17, 15) is 4.79 Å². The Hall–Kier alpha value is -1.02. The Morgan fingerprint density at radius 1 is 1.36 bits per heavy atom. The number of rotatable bonds is 1. The van der Waals surface area contributed by atoms with E-state index in [2.05, 4.69) is 0 Å². The third kappa shape index (κ3) is 1.90. The molecular weight excluding hydrogens is 200 g/mol. The Labute approximate surface area is 87.8 Å². The summed E-state index contributed by atoms with van der Waals surface area (Å²) in [6, 6.07) is 7.51. The molecule has 0 aromatic heterocycles. The quantitative estimate of drug-likeness (QED) is 0.666. The van der Waals surface area contributed by atoms with Crippen LogP contribution in [0, 0.1) is 0 Å². The molecule has 0 amide bonds. The van der Waals surface area contributed by atoms with Crippen molar-refractivity contribution < 1.29 is 9.53 Å². The van der Waals surface area contributed by atoms with Crippen molar-refractivity contribution in [1.82, 2.24) is 0 Å². The molecule has 0 bridgehead atoms. The van der Waals surface area contributed by atoms with E-state index in [0.29, 0.717) is 11.4 Å². The molecule has 0 unspecified atom stereocenters. The van der Waals surface area contributed by atoms with E-state index in [4.69, 9.17) is 16.3 Å². The van der Waals surface area contributed by atoms with Gasteiger partial charge in [-0.2, -0.15) is 0 Å². The van der Waals surface area contributed by atoms with Crippen LogP contribution in [0.25, 0.3) is 0 Å². The summed E-state index contributed by atoms with van der Waals surface area (Å²) in [6.07, 6.45) is 2.13. The molecule has 1 aliphatic heterocycles. The van der Waals surface area contributed by atoms with E-state index in [0.717, 1.165) is 18.4 Å². The SMILES string of the molecule is O=C1CCC[C@H](c2ccccc2Cl)O1. The predicted octanol–water partition coefficient (Wildman–Crippen LogP) is 3.11. The summed E-state index contributed by atoms with van der Waals surface area (Å²) in [6.45, 7) is 0. The molecule has 3 heteroatoms. The highest BCUT2D eigenvalue weighted by Crippen LogP contribution is 2.32. The van der Waals surface area contributed by atoms with Crippen LogP contribution >= 0.6 is 11.6 Å². The van der Waals surface area contributed by atoms with Crippen LogP contribution in [-0.2, 0) is 9.53 Å². The number of cyclic esters (lactones) is 1. The van der Waals surface area contributed by atoms with E-state index in [1.165, 1.54) is 0 Å². The first-order chi connectivity index (χ1) is 6.77. The Morgan fingerprint density at radius 3 is 2.86 bits per heavy atom. The molecule has 1 aliphatic rings. The average molecular weight is 211 g/mol. The summed E-state index contributed by atoms with van der Waals surface area (Å²) in [7, 11) is 0. The van der Waals surface area contributed by atoms with E-state index >= 15 is 0 Å². The number of hydrogen-bond acceptors (Lipinski definition) is 2. The highest BCUT2D eigenvalue weighted by Gasteiger charge is 2.23. The maximum atomic E-state index is 11.1. The van der Waals surface area contributed by atoms with E-state index in [-0.39, 0.29) is 12.1 Å². The van der Waals surface area contributed by atoms with E-state index in [1.54, 1.807) is 0 Å². The van der Waals surface area contributed by atoms with E-state index < -0.39 is 0 Å². The van der Waals surface area contributed by atoms with Gasteiger partial charge in [0, 0.05) is 17.0 Å². The number of hydrogen-bond donors (Lipinski definition) is 0. The third-order valence-electron chi connectivity index (χ3n) is 2.37. The van der Waals surface area contributed by atoms with Crippen molar-refractivity contribution in [1.29, 1.82) is 0 Å². The zero-order chi connectivity index (χ0) is 9.97. The van der Waals surface area contributed by atoms with Crippen molar-refractivity contribution in [3.8, 4) is 0 Å². The predicted molar refractivity (Wildman–Crippen MR) is 54.1 cm³/mol. The Bertz CT molecular complexity index is 349. The van der Waals surface area contributed by atoms with Crippen LogP contribution < -0.4 is 0 Å². The minimum atomic E-state index is -0.148. The molecule has 1 heterocycles. The number of carbonyl (C=O) groups is 1. The molecule has 1 aromatic carbocycles. The van der Waals surface area contributed by atoms with Crippen LogP contribution in [0.15, 0.2) is 24.3 Å². The first-order valence-corrected chi connectivity index (χ1v) is 5.09. The summed E-state index contributed by atoms with van der Waals surface area (Å²) in [5.41, 5.74) is 0.919. The second kappa shape index (κ2) is 4.01. The van der Waals surface area contributed by atoms with Gasteiger partial charge in [-0.1, -0.05) is 29.8 Å². The molecule has 1 fully saturated rings. The van der Waals surface area contributed by atoms with Crippen molar-refractivity contribution in [3.05, 3.63) is 34.9 Å². The summed E-state index contributed by atoms with van der Waals surface area (Å²) in [5.74, 6) is -0.124. The Kier molecular flexibility index (Phi) is 2.73. The number of ether oxygens (including phenoxy) is 1. The van der Waals surface area contributed by atoms with Gasteiger partial charge in [-0.3, -0.25) is 4.79 Å². The van der Waals surface area contributed by atoms with Gasteiger partial charge in [0.2, 0.25) is 0 Å². The molecule has 0 aliphatic carbocycles. The number of benzene rings is 1. The molecule has 0 radical (unpaired) electrons. The standard InChI is InChI=1S/C11H11ClO2/c12-9-5-2-1-4-8(9)10-6-3-7-11(13)14-10/h1-2,4-5,10H,3,6-7H2/t10-/m1/s1. The van der Waals surface area contributed by atoms with Crippen LogP contribution in [0.1, 0.15) is 30.9 Å². The van der Waals surface area contributed by atoms with Gasteiger partial charge in [0.15, 0.2) is 0 Å². The summed E-state index contributed by atoms with van der Waals surface area (Å²) < 4.78 is 5.23. The van der Waals surface area contributed by atoms with Crippen molar-refractivity contribution in [2.24, 2.45) is 0 Å². The van der Waals surface area contributed by atoms with Gasteiger partial charge in [-0.15, -0.1) is 0 Å². The zero-order valence-corrected chi connectivity index (χ0v) is 8.46. The minimum absolute atomic E-state index is 0.124. The first-order valence-electron chi connectivity index (χ1n) is 4.71. The second-order valence-corrected chi connectivity index (χ2v) is 3.80. The Balaban J connectivity index is 2.22. The highest BCUT2D eigenvalue weighted by atomic mass is 35.5. The van der Waals surface area contributed by atoms with Crippen LogP contribution in [0.4, 0.5) is 0 Å². The molecule has 0 spiro atoms. The molecule has 0 N–H and O–H groups in total. The lowest BCUT2D eigenvalue weighted by Crippen LogP contribution is -2.17. The second-order valence-electron chi connectivity index (χ2n) is 3.39. The van der Waals surface area contributed by atoms with Gasteiger partial charge in [0.1, 0.15) is 6.10 Å². The van der Waals surface area contributed by atoms with Gasteiger partial charge in [-0.25, -0.2) is 0 Å². The van der Waals surface area contributed by atoms with Crippen LogP contribution in [0.2, 0.25) is 5.02 Å². The molecule has 74 valence electrons. The van der Waals surface area contributed by atoms with Gasteiger partial charge >= 0.3 is 5.97 Å². The first kappa shape index (κ1) is 9.53.